The molecule has 0 saturated carbocycles. The summed E-state index contributed by atoms with van der Waals surface area (Å²) in [6.45, 7) is 4.38. The summed E-state index contributed by atoms with van der Waals surface area (Å²) in [7, 11) is 0. The normalized spacial score (nSPS) is 12.9. The molecule has 2 N–H and O–H groups in total. The second-order valence-corrected chi connectivity index (χ2v) is 6.29. The van der Waals surface area contributed by atoms with Crippen LogP contribution in [0.25, 0.3) is 0 Å². The Morgan fingerprint density at radius 3 is 2.46 bits per heavy atom. The maximum atomic E-state index is 11.7. The summed E-state index contributed by atoms with van der Waals surface area (Å²) in [5.41, 5.74) is 1.76. The van der Waals surface area contributed by atoms with Gasteiger partial charge in [-0.15, -0.1) is 0 Å². The van der Waals surface area contributed by atoms with Crippen LogP contribution in [0, 0.1) is 0 Å². The van der Waals surface area contributed by atoms with Gasteiger partial charge in [-0.3, -0.25) is 0 Å². The smallest absolute Gasteiger partial charge is 0.407 e. The van der Waals surface area contributed by atoms with Gasteiger partial charge in [0.25, 0.3) is 0 Å². The molecule has 0 saturated heterocycles. The summed E-state index contributed by atoms with van der Waals surface area (Å²) in [6.07, 6.45) is 0.503. The fourth-order valence-corrected chi connectivity index (χ4v) is 2.53. The van der Waals surface area contributed by atoms with Crippen molar-refractivity contribution in [1.29, 1.82) is 0 Å². The van der Waals surface area contributed by atoms with E-state index < -0.39 is 12.2 Å². The highest BCUT2D eigenvalue weighted by Gasteiger charge is 2.13. The summed E-state index contributed by atoms with van der Waals surface area (Å²) >= 11 is 0. The molecule has 0 aromatic heterocycles. The lowest BCUT2D eigenvalue weighted by Gasteiger charge is -2.15. The van der Waals surface area contributed by atoms with E-state index in [-0.39, 0.29) is 12.6 Å². The number of carbonyl (C=O) groups is 1. The molecule has 0 fully saturated rings. The number of aliphatic hydroxyl groups excluding tert-OH is 1. The van der Waals surface area contributed by atoms with Gasteiger partial charge in [0.05, 0.1) is 0 Å². The van der Waals surface area contributed by atoms with Crippen LogP contribution >= 0.6 is 0 Å². The molecule has 5 heteroatoms. The number of ether oxygens (including phenoxy) is 2. The molecule has 26 heavy (non-hydrogen) atoms. The highest BCUT2D eigenvalue weighted by Crippen LogP contribution is 2.19. The zero-order valence-electron chi connectivity index (χ0n) is 15.4. The topological polar surface area (TPSA) is 67.8 Å². The number of amides is 1. The van der Waals surface area contributed by atoms with Gasteiger partial charge in [0.1, 0.15) is 25.1 Å². The minimum absolute atomic E-state index is 0.0608. The second-order valence-electron chi connectivity index (χ2n) is 6.29. The highest BCUT2D eigenvalue weighted by molar-refractivity contribution is 5.67. The van der Waals surface area contributed by atoms with E-state index in [1.807, 2.05) is 37.3 Å². The summed E-state index contributed by atoms with van der Waals surface area (Å²) in [5, 5.41) is 12.9. The van der Waals surface area contributed by atoms with Crippen molar-refractivity contribution in [2.45, 2.75) is 45.4 Å². The van der Waals surface area contributed by atoms with Gasteiger partial charge in [-0.1, -0.05) is 55.8 Å². The van der Waals surface area contributed by atoms with Crippen LogP contribution in [0.5, 0.6) is 5.75 Å². The Morgan fingerprint density at radius 1 is 1.12 bits per heavy atom. The molecule has 0 radical (unpaired) electrons. The molecule has 2 rings (SSSR count). The first-order valence-electron chi connectivity index (χ1n) is 8.96. The SMILES string of the molecule is CCCC(C)NC(=O)OCC(O)c1ccc(OCc2ccccc2)cc1. The third-order valence-corrected chi connectivity index (χ3v) is 3.97. The molecule has 0 aliphatic heterocycles. The number of hydrogen-bond acceptors (Lipinski definition) is 4. The standard InChI is InChI=1S/C21H27NO4/c1-3-7-16(2)22-21(24)26-15-20(23)18-10-12-19(13-11-18)25-14-17-8-5-4-6-9-17/h4-6,8-13,16,20,23H,3,7,14-15H2,1-2H3,(H,22,24). The predicted octanol–water partition coefficient (Wildman–Crippen LogP) is 4.21. The molecule has 2 aromatic carbocycles. The first-order valence-corrected chi connectivity index (χ1v) is 8.96. The molecular formula is C21H27NO4. The van der Waals surface area contributed by atoms with E-state index in [2.05, 4.69) is 12.2 Å². The van der Waals surface area contributed by atoms with Crippen molar-refractivity contribution in [3.05, 3.63) is 65.7 Å². The van der Waals surface area contributed by atoms with Crippen LogP contribution in [0.1, 0.15) is 43.9 Å². The summed E-state index contributed by atoms with van der Waals surface area (Å²) < 4.78 is 10.8. The molecule has 0 heterocycles. The van der Waals surface area contributed by atoms with Gasteiger partial charge in [-0.25, -0.2) is 4.79 Å². The fourth-order valence-electron chi connectivity index (χ4n) is 2.53. The van der Waals surface area contributed by atoms with Gasteiger partial charge >= 0.3 is 6.09 Å². The number of carbonyl (C=O) groups excluding carboxylic acids is 1. The van der Waals surface area contributed by atoms with Crippen LogP contribution in [-0.4, -0.2) is 23.8 Å². The molecule has 1 amide bonds. The lowest BCUT2D eigenvalue weighted by atomic mass is 10.1. The van der Waals surface area contributed by atoms with E-state index in [0.29, 0.717) is 12.2 Å². The quantitative estimate of drug-likeness (QED) is 0.705. The minimum atomic E-state index is -0.870. The van der Waals surface area contributed by atoms with Gasteiger partial charge in [0, 0.05) is 6.04 Å². The van der Waals surface area contributed by atoms with E-state index in [1.165, 1.54) is 0 Å². The highest BCUT2D eigenvalue weighted by atomic mass is 16.6. The molecule has 140 valence electrons. The lowest BCUT2D eigenvalue weighted by Crippen LogP contribution is -2.33. The van der Waals surface area contributed by atoms with Gasteiger partial charge in [-0.2, -0.15) is 0 Å². The molecule has 0 bridgehead atoms. The van der Waals surface area contributed by atoms with Crippen LogP contribution in [0.15, 0.2) is 54.6 Å². The summed E-state index contributed by atoms with van der Waals surface area (Å²) in [6, 6.07) is 17.1. The van der Waals surface area contributed by atoms with E-state index in [0.717, 1.165) is 24.2 Å². The van der Waals surface area contributed by atoms with Crippen molar-refractivity contribution >= 4 is 6.09 Å². The van der Waals surface area contributed by atoms with Crippen molar-refractivity contribution in [2.75, 3.05) is 6.61 Å². The molecule has 0 aliphatic rings. The Bertz CT molecular complexity index is 657. The zero-order valence-corrected chi connectivity index (χ0v) is 15.4. The molecule has 2 aromatic rings. The van der Waals surface area contributed by atoms with Crippen molar-refractivity contribution in [2.24, 2.45) is 0 Å². The third kappa shape index (κ3) is 6.76. The molecule has 0 spiro atoms. The Morgan fingerprint density at radius 2 is 1.81 bits per heavy atom. The average Bonchev–Trinajstić information content (AvgIpc) is 2.66. The Kier molecular flexibility index (Phi) is 7.96. The van der Waals surface area contributed by atoms with Crippen molar-refractivity contribution in [3.63, 3.8) is 0 Å². The second kappa shape index (κ2) is 10.5. The van der Waals surface area contributed by atoms with Crippen LogP contribution < -0.4 is 10.1 Å². The minimum Gasteiger partial charge on any atom is -0.489 e. The third-order valence-electron chi connectivity index (χ3n) is 3.97. The Hall–Kier alpha value is -2.53. The van der Waals surface area contributed by atoms with Crippen LogP contribution in [-0.2, 0) is 11.3 Å². The predicted molar refractivity (Wildman–Crippen MR) is 101 cm³/mol. The molecule has 0 aliphatic carbocycles. The number of benzene rings is 2. The summed E-state index contributed by atoms with van der Waals surface area (Å²) in [4.78, 5) is 11.7. The van der Waals surface area contributed by atoms with Crippen LogP contribution in [0.3, 0.4) is 0 Å². The number of alkyl carbamates (subject to hydrolysis) is 1. The zero-order chi connectivity index (χ0) is 18.8. The van der Waals surface area contributed by atoms with Crippen molar-refractivity contribution in [3.8, 4) is 5.75 Å². The Labute approximate surface area is 155 Å². The van der Waals surface area contributed by atoms with Crippen LogP contribution in [0.2, 0.25) is 0 Å². The van der Waals surface area contributed by atoms with E-state index >= 15 is 0 Å². The van der Waals surface area contributed by atoms with E-state index in [9.17, 15) is 9.90 Å². The largest absolute Gasteiger partial charge is 0.489 e. The molecule has 2 unspecified atom stereocenters. The maximum Gasteiger partial charge on any atom is 0.407 e. The number of aliphatic hydroxyl groups is 1. The molecule has 2 atom stereocenters. The van der Waals surface area contributed by atoms with E-state index in [1.54, 1.807) is 24.3 Å². The number of nitrogens with one attached hydrogen (secondary N) is 1. The lowest BCUT2D eigenvalue weighted by molar-refractivity contribution is 0.0666. The van der Waals surface area contributed by atoms with Gasteiger partial charge < -0.3 is 19.9 Å². The molecule has 5 nitrogen and oxygen atoms in total. The van der Waals surface area contributed by atoms with Crippen molar-refractivity contribution in [1.82, 2.24) is 5.32 Å². The first kappa shape index (κ1) is 19.8. The van der Waals surface area contributed by atoms with Crippen LogP contribution in [0.4, 0.5) is 4.79 Å². The first-order chi connectivity index (χ1) is 12.6. The average molecular weight is 357 g/mol. The molecular weight excluding hydrogens is 330 g/mol. The number of rotatable bonds is 9. The Balaban J connectivity index is 1.77. The maximum absolute atomic E-state index is 11.7. The van der Waals surface area contributed by atoms with Crippen molar-refractivity contribution < 1.29 is 19.4 Å². The summed E-state index contributed by atoms with van der Waals surface area (Å²) in [5.74, 6) is 0.719. The van der Waals surface area contributed by atoms with Gasteiger partial charge in [-0.05, 0) is 36.6 Å². The monoisotopic (exact) mass is 357 g/mol. The van der Waals surface area contributed by atoms with E-state index in [4.69, 9.17) is 9.47 Å². The van der Waals surface area contributed by atoms with Gasteiger partial charge in [0.2, 0.25) is 0 Å². The van der Waals surface area contributed by atoms with Gasteiger partial charge in [0.15, 0.2) is 0 Å². The fraction of sp³-hybridized carbons (Fsp3) is 0.381. The number of hydrogen-bond donors (Lipinski definition) is 2.